The summed E-state index contributed by atoms with van der Waals surface area (Å²) in [6, 6.07) is 2.75. The van der Waals surface area contributed by atoms with Crippen LogP contribution in [0.3, 0.4) is 0 Å². The number of hydrogen-bond donors (Lipinski definition) is 3. The molecule has 0 radical (unpaired) electrons. The monoisotopic (exact) mass is 479 g/mol. The number of anilines is 3. The lowest BCUT2D eigenvalue weighted by molar-refractivity contribution is -0.140. The molecule has 2 saturated heterocycles. The first-order chi connectivity index (χ1) is 15.7. The van der Waals surface area contributed by atoms with Crippen molar-refractivity contribution >= 4 is 40.7 Å². The summed E-state index contributed by atoms with van der Waals surface area (Å²) in [7, 11) is 0. The third kappa shape index (κ3) is 4.77. The number of amides is 2. The number of carbonyl (C=O) groups excluding carboxylic acids is 2. The van der Waals surface area contributed by atoms with Gasteiger partial charge in [0.2, 0.25) is 17.6 Å². The molecule has 2 fully saturated rings. The SMILES string of the molecule is NC(=O)C1CCN(c2ncnc(N)c2F)C[C@@H]1N1CCC[C@H](Nc2cc(F)cc(Cl)c2)C1=O. The van der Waals surface area contributed by atoms with Gasteiger partial charge in [-0.3, -0.25) is 9.59 Å². The van der Waals surface area contributed by atoms with Crippen molar-refractivity contribution in [2.24, 2.45) is 11.7 Å². The molecule has 1 aromatic carbocycles. The number of piperidine rings is 2. The quantitative estimate of drug-likeness (QED) is 0.595. The van der Waals surface area contributed by atoms with Crippen LogP contribution < -0.4 is 21.7 Å². The molecule has 176 valence electrons. The second kappa shape index (κ2) is 9.34. The third-order valence-corrected chi connectivity index (χ3v) is 6.34. The summed E-state index contributed by atoms with van der Waals surface area (Å²) < 4.78 is 28.3. The highest BCUT2D eigenvalue weighted by Gasteiger charge is 2.42. The van der Waals surface area contributed by atoms with E-state index in [4.69, 9.17) is 23.1 Å². The second-order valence-corrected chi connectivity index (χ2v) is 8.67. The Hall–Kier alpha value is -3.21. The summed E-state index contributed by atoms with van der Waals surface area (Å²) in [6.45, 7) is 0.895. The van der Waals surface area contributed by atoms with E-state index in [2.05, 4.69) is 15.3 Å². The molecule has 5 N–H and O–H groups in total. The van der Waals surface area contributed by atoms with Crippen LogP contribution in [0.15, 0.2) is 24.5 Å². The van der Waals surface area contributed by atoms with E-state index >= 15 is 0 Å². The summed E-state index contributed by atoms with van der Waals surface area (Å²) in [6.07, 6.45) is 2.67. The fraction of sp³-hybridized carbons (Fsp3) is 0.429. The van der Waals surface area contributed by atoms with Gasteiger partial charge >= 0.3 is 0 Å². The van der Waals surface area contributed by atoms with E-state index in [1.165, 1.54) is 24.5 Å². The first kappa shape index (κ1) is 23.0. The van der Waals surface area contributed by atoms with Gasteiger partial charge in [0.05, 0.1) is 12.0 Å². The lowest BCUT2D eigenvalue weighted by atomic mass is 9.87. The van der Waals surface area contributed by atoms with Crippen molar-refractivity contribution in [2.75, 3.05) is 35.6 Å². The Bertz CT molecular complexity index is 1050. The summed E-state index contributed by atoms with van der Waals surface area (Å²) >= 11 is 5.92. The Kier molecular flexibility index (Phi) is 6.50. The molecule has 1 aromatic heterocycles. The molecular weight excluding hydrogens is 456 g/mol. The van der Waals surface area contributed by atoms with E-state index in [1.54, 1.807) is 9.80 Å². The number of hydrogen-bond acceptors (Lipinski definition) is 7. The van der Waals surface area contributed by atoms with Crippen LogP contribution in [0.5, 0.6) is 0 Å². The van der Waals surface area contributed by atoms with Crippen molar-refractivity contribution < 1.29 is 18.4 Å². The number of nitrogens with one attached hydrogen (secondary N) is 1. The Morgan fingerprint density at radius 3 is 2.70 bits per heavy atom. The van der Waals surface area contributed by atoms with Gasteiger partial charge in [-0.25, -0.2) is 14.4 Å². The highest BCUT2D eigenvalue weighted by molar-refractivity contribution is 6.30. The van der Waals surface area contributed by atoms with Gasteiger partial charge in [-0.15, -0.1) is 0 Å². The van der Waals surface area contributed by atoms with Gasteiger partial charge in [-0.2, -0.15) is 4.39 Å². The molecule has 4 rings (SSSR count). The van der Waals surface area contributed by atoms with E-state index in [-0.39, 0.29) is 29.1 Å². The van der Waals surface area contributed by atoms with Crippen LogP contribution in [0.25, 0.3) is 0 Å². The number of rotatable bonds is 5. The van der Waals surface area contributed by atoms with Crippen molar-refractivity contribution in [3.63, 3.8) is 0 Å². The van der Waals surface area contributed by atoms with Gasteiger partial charge in [0, 0.05) is 30.3 Å². The third-order valence-electron chi connectivity index (χ3n) is 6.12. The maximum atomic E-state index is 14.5. The van der Waals surface area contributed by atoms with Crippen LogP contribution >= 0.6 is 11.6 Å². The summed E-state index contributed by atoms with van der Waals surface area (Å²) in [5, 5.41) is 3.25. The molecule has 2 aliphatic rings. The average Bonchev–Trinajstić information content (AvgIpc) is 2.76. The molecule has 2 aliphatic heterocycles. The number of benzene rings is 1. The van der Waals surface area contributed by atoms with Gasteiger partial charge in [-0.1, -0.05) is 11.6 Å². The predicted molar refractivity (Wildman–Crippen MR) is 119 cm³/mol. The lowest BCUT2D eigenvalue weighted by Gasteiger charge is -2.46. The number of nitrogens with zero attached hydrogens (tertiary/aromatic N) is 4. The normalized spacial score (nSPS) is 23.5. The molecule has 0 saturated carbocycles. The molecule has 3 heterocycles. The van der Waals surface area contributed by atoms with Crippen molar-refractivity contribution in [1.82, 2.24) is 14.9 Å². The fourth-order valence-electron chi connectivity index (χ4n) is 4.57. The number of nitrogens with two attached hydrogens (primary N) is 2. The molecule has 1 unspecified atom stereocenters. The number of nitrogen functional groups attached to an aromatic ring is 1. The highest BCUT2D eigenvalue weighted by atomic mass is 35.5. The first-order valence-electron chi connectivity index (χ1n) is 10.6. The fourth-order valence-corrected chi connectivity index (χ4v) is 4.79. The molecule has 33 heavy (non-hydrogen) atoms. The molecule has 0 spiro atoms. The molecule has 0 bridgehead atoms. The average molecular weight is 480 g/mol. The van der Waals surface area contributed by atoms with Gasteiger partial charge in [0.1, 0.15) is 18.2 Å². The van der Waals surface area contributed by atoms with E-state index in [0.717, 1.165) is 0 Å². The van der Waals surface area contributed by atoms with E-state index in [1.807, 2.05) is 0 Å². The summed E-state index contributed by atoms with van der Waals surface area (Å²) in [4.78, 5) is 36.5. The first-order valence-corrected chi connectivity index (χ1v) is 11.0. The summed E-state index contributed by atoms with van der Waals surface area (Å²) in [5.74, 6) is -2.90. The van der Waals surface area contributed by atoms with Gasteiger partial charge < -0.3 is 26.6 Å². The summed E-state index contributed by atoms with van der Waals surface area (Å²) in [5.41, 5.74) is 11.6. The predicted octanol–water partition coefficient (Wildman–Crippen LogP) is 1.77. The topological polar surface area (TPSA) is 130 Å². The van der Waals surface area contributed by atoms with Crippen molar-refractivity contribution in [3.05, 3.63) is 41.2 Å². The number of aromatic nitrogens is 2. The van der Waals surface area contributed by atoms with Crippen LogP contribution in [0.2, 0.25) is 5.02 Å². The number of halogens is 3. The minimum Gasteiger partial charge on any atom is -0.381 e. The van der Waals surface area contributed by atoms with Crippen LogP contribution in [0, 0.1) is 17.6 Å². The molecule has 2 amide bonds. The minimum atomic E-state index is -0.749. The van der Waals surface area contributed by atoms with Gasteiger partial charge in [0.15, 0.2) is 11.6 Å². The lowest BCUT2D eigenvalue weighted by Crippen LogP contribution is -2.61. The van der Waals surface area contributed by atoms with Crippen LogP contribution in [-0.4, -0.2) is 58.4 Å². The van der Waals surface area contributed by atoms with Gasteiger partial charge in [0.25, 0.3) is 0 Å². The van der Waals surface area contributed by atoms with E-state index in [9.17, 15) is 18.4 Å². The van der Waals surface area contributed by atoms with Crippen LogP contribution in [0.1, 0.15) is 19.3 Å². The standard InChI is InChI=1S/C21H24ClF2N7O2/c22-11-6-12(23)8-13(7-11)29-15-2-1-4-31(21(15)33)16-9-30(5-3-14(16)19(26)32)20-17(24)18(25)27-10-28-20/h6-8,10,14-16,29H,1-5,9H2,(H2,26,32)(H2,25,27,28)/t14?,15-,16-/m0/s1. The number of primary amides is 1. The highest BCUT2D eigenvalue weighted by Crippen LogP contribution is 2.31. The smallest absolute Gasteiger partial charge is 0.245 e. The zero-order chi connectivity index (χ0) is 23.7. The Balaban J connectivity index is 1.57. The van der Waals surface area contributed by atoms with Crippen LogP contribution in [-0.2, 0) is 9.59 Å². The molecule has 2 aromatic rings. The van der Waals surface area contributed by atoms with Crippen LogP contribution in [0.4, 0.5) is 26.1 Å². The molecule has 3 atom stereocenters. The molecule has 12 heteroatoms. The zero-order valence-electron chi connectivity index (χ0n) is 17.7. The zero-order valence-corrected chi connectivity index (χ0v) is 18.4. The van der Waals surface area contributed by atoms with Crippen molar-refractivity contribution in [1.29, 1.82) is 0 Å². The van der Waals surface area contributed by atoms with E-state index < -0.39 is 35.5 Å². The Labute approximate surface area is 194 Å². The van der Waals surface area contributed by atoms with Crippen molar-refractivity contribution in [3.8, 4) is 0 Å². The number of carbonyl (C=O) groups is 2. The number of likely N-dealkylation sites (tertiary alicyclic amines) is 1. The molecule has 0 aliphatic carbocycles. The Morgan fingerprint density at radius 2 is 1.97 bits per heavy atom. The largest absolute Gasteiger partial charge is 0.381 e. The minimum absolute atomic E-state index is 0.0176. The van der Waals surface area contributed by atoms with Crippen molar-refractivity contribution in [2.45, 2.75) is 31.3 Å². The maximum absolute atomic E-state index is 14.5. The van der Waals surface area contributed by atoms with Gasteiger partial charge in [-0.05, 0) is 37.5 Å². The van der Waals surface area contributed by atoms with E-state index in [0.29, 0.717) is 38.0 Å². The second-order valence-electron chi connectivity index (χ2n) is 8.24. The molecular formula is C21H24ClF2N7O2. The molecule has 9 nitrogen and oxygen atoms in total. The maximum Gasteiger partial charge on any atom is 0.245 e. The Morgan fingerprint density at radius 1 is 1.18 bits per heavy atom.